The molecule has 6 heteroatoms. The van der Waals surface area contributed by atoms with Crippen LogP contribution in [0.4, 0.5) is 0 Å². The number of rotatable bonds is 2. The lowest BCUT2D eigenvalue weighted by molar-refractivity contribution is 0.0874. The molecule has 0 radical (unpaired) electrons. The number of carbonyl (C=O) groups is 1. The third-order valence-corrected chi connectivity index (χ3v) is 5.61. The molecule has 6 nitrogen and oxygen atoms in total. The Labute approximate surface area is 140 Å². The minimum Gasteiger partial charge on any atom is -0.348 e. The van der Waals surface area contributed by atoms with Crippen molar-refractivity contribution in [1.82, 2.24) is 20.0 Å². The number of amides is 1. The Bertz CT molecular complexity index is 846. The van der Waals surface area contributed by atoms with Gasteiger partial charge in [0.25, 0.3) is 5.91 Å². The van der Waals surface area contributed by atoms with E-state index >= 15 is 0 Å². The number of hydrogen-bond acceptors (Lipinski definition) is 4. The van der Waals surface area contributed by atoms with E-state index in [2.05, 4.69) is 22.4 Å². The highest BCUT2D eigenvalue weighted by Gasteiger charge is 2.39. The molecular formula is C18H22N4O2. The van der Waals surface area contributed by atoms with Crippen molar-refractivity contribution < 1.29 is 4.79 Å². The number of benzene rings is 1. The maximum Gasteiger partial charge on any atom is 0.276 e. The van der Waals surface area contributed by atoms with Crippen LogP contribution in [0.25, 0.3) is 10.9 Å². The number of hydrogen-bond donors (Lipinski definition) is 1. The van der Waals surface area contributed by atoms with Crippen molar-refractivity contribution in [2.45, 2.75) is 43.8 Å². The van der Waals surface area contributed by atoms with Crippen molar-refractivity contribution in [3.8, 4) is 0 Å². The van der Waals surface area contributed by atoms with Gasteiger partial charge >= 0.3 is 0 Å². The van der Waals surface area contributed by atoms with Gasteiger partial charge in [-0.25, -0.2) is 0 Å². The summed E-state index contributed by atoms with van der Waals surface area (Å²) in [5.41, 5.74) is 0.427. The monoisotopic (exact) mass is 326 g/mol. The van der Waals surface area contributed by atoms with Crippen molar-refractivity contribution in [2.75, 3.05) is 7.05 Å². The molecule has 2 saturated heterocycles. The van der Waals surface area contributed by atoms with Gasteiger partial charge in [-0.3, -0.25) is 14.3 Å². The van der Waals surface area contributed by atoms with Gasteiger partial charge in [0.15, 0.2) is 5.69 Å². The lowest BCUT2D eigenvalue weighted by Gasteiger charge is -2.36. The Morgan fingerprint density at radius 2 is 1.83 bits per heavy atom. The molecule has 1 amide bonds. The average Bonchev–Trinajstić information content (AvgIpc) is 2.80. The number of nitrogens with zero attached hydrogens (tertiary/aromatic N) is 3. The predicted octanol–water partition coefficient (Wildman–Crippen LogP) is 1.29. The number of piperidine rings is 1. The number of carbonyl (C=O) groups excluding carboxylic acids is 1. The molecule has 3 heterocycles. The molecule has 2 bridgehead atoms. The van der Waals surface area contributed by atoms with Crippen LogP contribution in [0.1, 0.15) is 36.2 Å². The third kappa shape index (κ3) is 2.41. The van der Waals surface area contributed by atoms with E-state index in [0.29, 0.717) is 17.5 Å². The van der Waals surface area contributed by atoms with E-state index in [1.807, 2.05) is 12.1 Å². The standard InChI is InChI=1S/C18H22N4O2/c1-21-12-7-8-13(21)10-11(9-12)19-18(24)16-17(23)14-5-3-4-6-15(14)22(2)20-16/h3-6,11-13H,7-10H2,1-2H3,(H,19,24)/t11?,12-,13+. The Balaban J connectivity index is 1.60. The van der Waals surface area contributed by atoms with E-state index in [0.717, 1.165) is 18.4 Å². The van der Waals surface area contributed by atoms with Gasteiger partial charge in [0, 0.05) is 30.6 Å². The summed E-state index contributed by atoms with van der Waals surface area (Å²) in [5.74, 6) is -0.352. The normalized spacial score (nSPS) is 26.7. The van der Waals surface area contributed by atoms with Gasteiger partial charge in [-0.05, 0) is 44.9 Å². The van der Waals surface area contributed by atoms with E-state index in [4.69, 9.17) is 0 Å². The summed E-state index contributed by atoms with van der Waals surface area (Å²) in [6.45, 7) is 0. The molecule has 2 fully saturated rings. The zero-order valence-electron chi connectivity index (χ0n) is 14.0. The molecule has 2 aliphatic heterocycles. The molecule has 3 atom stereocenters. The molecule has 0 spiro atoms. The minimum absolute atomic E-state index is 0.0116. The fourth-order valence-corrected chi connectivity index (χ4v) is 4.26. The maximum absolute atomic E-state index is 12.6. The molecule has 1 aromatic carbocycles. The smallest absolute Gasteiger partial charge is 0.276 e. The quantitative estimate of drug-likeness (QED) is 0.903. The van der Waals surface area contributed by atoms with Crippen LogP contribution in [0.2, 0.25) is 0 Å². The maximum atomic E-state index is 12.6. The molecule has 1 unspecified atom stereocenters. The number of fused-ring (bicyclic) bond motifs is 3. The molecule has 0 aliphatic carbocycles. The van der Waals surface area contributed by atoms with E-state index in [-0.39, 0.29) is 23.1 Å². The lowest BCUT2D eigenvalue weighted by Crippen LogP contribution is -2.49. The molecular weight excluding hydrogens is 304 g/mol. The zero-order valence-corrected chi connectivity index (χ0v) is 14.0. The van der Waals surface area contributed by atoms with Crippen molar-refractivity contribution in [1.29, 1.82) is 0 Å². The highest BCUT2D eigenvalue weighted by atomic mass is 16.2. The van der Waals surface area contributed by atoms with Gasteiger partial charge in [-0.2, -0.15) is 5.10 Å². The third-order valence-electron chi connectivity index (χ3n) is 5.61. The molecule has 1 N–H and O–H groups in total. The van der Waals surface area contributed by atoms with Crippen LogP contribution in [0.3, 0.4) is 0 Å². The summed E-state index contributed by atoms with van der Waals surface area (Å²) in [6, 6.07) is 8.45. The molecule has 0 saturated carbocycles. The number of para-hydroxylation sites is 1. The van der Waals surface area contributed by atoms with Crippen molar-refractivity contribution >= 4 is 16.8 Å². The Kier molecular flexibility index (Phi) is 3.64. The fraction of sp³-hybridized carbons (Fsp3) is 0.500. The first-order valence-electron chi connectivity index (χ1n) is 8.53. The first-order valence-corrected chi connectivity index (χ1v) is 8.53. The van der Waals surface area contributed by atoms with E-state index in [1.165, 1.54) is 12.8 Å². The molecule has 24 heavy (non-hydrogen) atoms. The van der Waals surface area contributed by atoms with Crippen molar-refractivity contribution in [3.05, 3.63) is 40.2 Å². The largest absolute Gasteiger partial charge is 0.348 e. The Hall–Kier alpha value is -2.21. The van der Waals surface area contributed by atoms with E-state index in [1.54, 1.807) is 23.9 Å². The van der Waals surface area contributed by atoms with Crippen LogP contribution in [0, 0.1) is 0 Å². The first-order chi connectivity index (χ1) is 11.5. The number of aryl methyl sites for hydroxylation is 1. The van der Waals surface area contributed by atoms with Gasteiger partial charge in [-0.15, -0.1) is 0 Å². The van der Waals surface area contributed by atoms with Crippen LogP contribution in [0.5, 0.6) is 0 Å². The summed E-state index contributed by atoms with van der Waals surface area (Å²) < 4.78 is 1.60. The minimum atomic E-state index is -0.352. The lowest BCUT2D eigenvalue weighted by atomic mass is 9.98. The predicted molar refractivity (Wildman–Crippen MR) is 92.0 cm³/mol. The van der Waals surface area contributed by atoms with Gasteiger partial charge in [0.1, 0.15) is 0 Å². The van der Waals surface area contributed by atoms with Crippen molar-refractivity contribution in [3.63, 3.8) is 0 Å². The summed E-state index contributed by atoms with van der Waals surface area (Å²) in [6.07, 6.45) is 4.30. The summed E-state index contributed by atoms with van der Waals surface area (Å²) in [5, 5.41) is 7.80. The Morgan fingerprint density at radius 3 is 2.54 bits per heavy atom. The first kappa shape index (κ1) is 15.3. The van der Waals surface area contributed by atoms with E-state index < -0.39 is 0 Å². The number of nitrogens with one attached hydrogen (secondary N) is 1. The van der Waals surface area contributed by atoms with Crippen LogP contribution in [-0.2, 0) is 7.05 Å². The van der Waals surface area contributed by atoms with Gasteiger partial charge < -0.3 is 10.2 Å². The second kappa shape index (κ2) is 5.70. The average molecular weight is 326 g/mol. The van der Waals surface area contributed by atoms with Gasteiger partial charge in [0.05, 0.1) is 5.52 Å². The molecule has 4 rings (SSSR count). The summed E-state index contributed by atoms with van der Waals surface area (Å²) in [7, 11) is 3.93. The summed E-state index contributed by atoms with van der Waals surface area (Å²) in [4.78, 5) is 27.7. The number of aromatic nitrogens is 2. The second-order valence-corrected chi connectivity index (χ2v) is 7.01. The SMILES string of the molecule is CN1[C@@H]2CC[C@H]1CC(NC(=O)c1nn(C)c3ccccc3c1=O)C2. The fourth-order valence-electron chi connectivity index (χ4n) is 4.26. The highest BCUT2D eigenvalue weighted by molar-refractivity contribution is 5.95. The molecule has 2 aliphatic rings. The summed E-state index contributed by atoms with van der Waals surface area (Å²) >= 11 is 0. The molecule has 1 aromatic heterocycles. The van der Waals surface area contributed by atoms with Crippen LogP contribution >= 0.6 is 0 Å². The van der Waals surface area contributed by atoms with Crippen LogP contribution in [-0.4, -0.2) is 45.8 Å². The van der Waals surface area contributed by atoms with Gasteiger partial charge in [-0.1, -0.05) is 12.1 Å². The van der Waals surface area contributed by atoms with Crippen LogP contribution < -0.4 is 10.7 Å². The molecule has 2 aromatic rings. The second-order valence-electron chi connectivity index (χ2n) is 7.01. The Morgan fingerprint density at radius 1 is 1.17 bits per heavy atom. The zero-order chi connectivity index (χ0) is 16.8. The van der Waals surface area contributed by atoms with Gasteiger partial charge in [0.2, 0.25) is 5.43 Å². The molecule has 126 valence electrons. The van der Waals surface area contributed by atoms with Crippen molar-refractivity contribution in [2.24, 2.45) is 7.05 Å². The van der Waals surface area contributed by atoms with Crippen LogP contribution in [0.15, 0.2) is 29.1 Å². The highest BCUT2D eigenvalue weighted by Crippen LogP contribution is 2.34. The van der Waals surface area contributed by atoms with E-state index in [9.17, 15) is 9.59 Å². The topological polar surface area (TPSA) is 67.2 Å².